The van der Waals surface area contributed by atoms with Gasteiger partial charge in [0, 0.05) is 35.6 Å². The van der Waals surface area contributed by atoms with Crippen LogP contribution in [0.25, 0.3) is 10.8 Å². The summed E-state index contributed by atoms with van der Waals surface area (Å²) >= 11 is 0. The molecule has 10 heteroatoms. The molecule has 0 amide bonds. The van der Waals surface area contributed by atoms with Gasteiger partial charge in [-0.2, -0.15) is 0 Å². The Balaban J connectivity index is 1.52. The first kappa shape index (κ1) is 34.3. The quantitative estimate of drug-likeness (QED) is 0.0982. The van der Waals surface area contributed by atoms with Crippen LogP contribution >= 0.6 is 0 Å². The highest BCUT2D eigenvalue weighted by atomic mass is 16.5. The number of carbonyl (C=O) groups is 3. The average molecular weight is 679 g/mol. The number of carbonyl (C=O) groups excluding carboxylic acids is 3. The number of benzene rings is 4. The van der Waals surface area contributed by atoms with Crippen molar-refractivity contribution >= 4 is 28.1 Å². The van der Waals surface area contributed by atoms with Gasteiger partial charge in [0.05, 0.1) is 27.7 Å². The highest BCUT2D eigenvalue weighted by molar-refractivity contribution is 6.31. The second-order valence-corrected chi connectivity index (χ2v) is 13.7. The Kier molecular flexibility index (Phi) is 8.48. The molecule has 0 saturated heterocycles. The normalized spacial score (nSPS) is 18.5. The fourth-order valence-electron chi connectivity index (χ4n) is 7.33. The molecular weight excluding hydrogens is 640 g/mol. The molecule has 6 rings (SSSR count). The number of ketones is 3. The van der Waals surface area contributed by atoms with E-state index >= 15 is 0 Å². The Hall–Kier alpha value is -5.61. The van der Waals surface area contributed by atoms with Gasteiger partial charge in [0.15, 0.2) is 11.6 Å². The predicted molar refractivity (Wildman–Crippen MR) is 186 cm³/mol. The zero-order valence-corrected chi connectivity index (χ0v) is 28.3. The molecule has 0 saturated carbocycles. The second kappa shape index (κ2) is 12.4. The Morgan fingerprint density at radius 3 is 2.24 bits per heavy atom. The number of hydrogen-bond acceptors (Lipinski definition) is 10. The van der Waals surface area contributed by atoms with Crippen LogP contribution in [0.4, 0.5) is 0 Å². The van der Waals surface area contributed by atoms with Gasteiger partial charge in [0.1, 0.15) is 41.1 Å². The minimum Gasteiger partial charge on any atom is -0.508 e. The molecule has 2 aliphatic rings. The lowest BCUT2D eigenvalue weighted by Crippen LogP contribution is -2.42. The van der Waals surface area contributed by atoms with Crippen LogP contribution in [0.5, 0.6) is 34.5 Å². The number of aryl methyl sites for hydroxylation is 1. The van der Waals surface area contributed by atoms with Gasteiger partial charge in [-0.25, -0.2) is 0 Å². The van der Waals surface area contributed by atoms with Gasteiger partial charge in [0.25, 0.3) is 0 Å². The van der Waals surface area contributed by atoms with Crippen molar-refractivity contribution < 1.29 is 49.8 Å². The zero-order chi connectivity index (χ0) is 36.4. The zero-order valence-electron chi connectivity index (χ0n) is 28.3. The van der Waals surface area contributed by atoms with E-state index in [2.05, 4.69) is 6.08 Å². The Morgan fingerprint density at radius 2 is 1.54 bits per heavy atom. The number of Topliss-reactive ketones (excluding diaryl/α,β-unsaturated/α-hetero) is 1. The standard InChI is InChI=1S/C40H38O10/c1-18(2)7-6-8-19(3)9-10-50-23-12-21-13-24-32(38(47)31(21)28(44)16-23)29(45)17-40(5,49)36(24)30-20(4)11-26(42)34-35(30)37(46)25-14-22(41)15-27(43)33(25)39(34)48/h7,9,11-16,36,41-44,47,49H,6,8,10,17H2,1-5H3/b19-9+/t36-,40+/m0/s1. The molecule has 0 radical (unpaired) electrons. The number of aliphatic hydroxyl groups is 1. The minimum absolute atomic E-state index is 0.00576. The summed E-state index contributed by atoms with van der Waals surface area (Å²) in [6, 6.07) is 7.69. The number of aromatic hydroxyl groups is 5. The maximum Gasteiger partial charge on any atom is 0.201 e. The topological polar surface area (TPSA) is 182 Å². The lowest BCUT2D eigenvalue weighted by molar-refractivity contribution is 0.0272. The first-order valence-corrected chi connectivity index (χ1v) is 16.2. The molecule has 0 spiro atoms. The summed E-state index contributed by atoms with van der Waals surface area (Å²) in [4.78, 5) is 41.5. The molecule has 4 aromatic rings. The van der Waals surface area contributed by atoms with Crippen LogP contribution in [0.1, 0.15) is 112 Å². The number of rotatable bonds is 7. The molecule has 4 aromatic carbocycles. The molecule has 6 N–H and O–H groups in total. The molecule has 0 bridgehead atoms. The summed E-state index contributed by atoms with van der Waals surface area (Å²) in [5.41, 5.74) is -0.480. The third-order valence-electron chi connectivity index (χ3n) is 9.57. The molecule has 0 aliphatic heterocycles. The van der Waals surface area contributed by atoms with Crippen molar-refractivity contribution in [2.24, 2.45) is 0 Å². The summed E-state index contributed by atoms with van der Waals surface area (Å²) in [6.45, 7) is 9.27. The SMILES string of the molecule is CC(C)=CCC/C(C)=C/COc1cc(O)c2c(O)c3c(cc2c1)[C@@H](c1c(C)cc(O)c2c1C(=O)c1cc(O)cc(O)c1C2=O)[C@](C)(O)CC3=O. The Labute approximate surface area is 288 Å². The maximum atomic E-state index is 14.2. The molecule has 10 nitrogen and oxygen atoms in total. The molecule has 0 heterocycles. The number of ether oxygens (including phenoxy) is 1. The van der Waals surface area contributed by atoms with Crippen LogP contribution in [0, 0.1) is 6.92 Å². The van der Waals surface area contributed by atoms with Crippen LogP contribution < -0.4 is 4.74 Å². The van der Waals surface area contributed by atoms with Crippen molar-refractivity contribution in [3.8, 4) is 34.5 Å². The number of allylic oxidation sites excluding steroid dienone is 3. The van der Waals surface area contributed by atoms with E-state index < -0.39 is 63.9 Å². The van der Waals surface area contributed by atoms with Gasteiger partial charge in [-0.05, 0) is 99.9 Å². The molecule has 50 heavy (non-hydrogen) atoms. The molecular formula is C40H38O10. The Bertz CT molecular complexity index is 2220. The van der Waals surface area contributed by atoms with Gasteiger partial charge in [-0.15, -0.1) is 0 Å². The van der Waals surface area contributed by atoms with Gasteiger partial charge in [-0.3, -0.25) is 14.4 Å². The van der Waals surface area contributed by atoms with E-state index in [9.17, 15) is 45.0 Å². The number of phenols is 5. The van der Waals surface area contributed by atoms with E-state index in [1.807, 2.05) is 26.8 Å². The van der Waals surface area contributed by atoms with E-state index in [4.69, 9.17) is 4.74 Å². The van der Waals surface area contributed by atoms with Crippen molar-refractivity contribution in [1.29, 1.82) is 0 Å². The highest BCUT2D eigenvalue weighted by Crippen LogP contribution is 2.53. The van der Waals surface area contributed by atoms with E-state index in [1.165, 1.54) is 30.7 Å². The van der Waals surface area contributed by atoms with Crippen molar-refractivity contribution in [3.63, 3.8) is 0 Å². The fourth-order valence-corrected chi connectivity index (χ4v) is 7.33. The summed E-state index contributed by atoms with van der Waals surface area (Å²) in [5.74, 6) is -5.69. The van der Waals surface area contributed by atoms with Crippen LogP contribution in [-0.2, 0) is 0 Å². The van der Waals surface area contributed by atoms with Crippen molar-refractivity contribution in [2.45, 2.75) is 65.4 Å². The van der Waals surface area contributed by atoms with Crippen molar-refractivity contribution in [1.82, 2.24) is 0 Å². The minimum atomic E-state index is -1.87. The van der Waals surface area contributed by atoms with Gasteiger partial charge < -0.3 is 35.4 Å². The van der Waals surface area contributed by atoms with Crippen molar-refractivity contribution in [3.05, 3.63) is 104 Å². The lowest BCUT2D eigenvalue weighted by Gasteiger charge is -2.40. The molecule has 2 atom stereocenters. The van der Waals surface area contributed by atoms with Gasteiger partial charge in [-0.1, -0.05) is 17.2 Å². The molecule has 0 aromatic heterocycles. The summed E-state index contributed by atoms with van der Waals surface area (Å²) in [5, 5.41) is 66.5. The second-order valence-electron chi connectivity index (χ2n) is 13.7. The smallest absolute Gasteiger partial charge is 0.201 e. The lowest BCUT2D eigenvalue weighted by atomic mass is 9.65. The van der Waals surface area contributed by atoms with Gasteiger partial charge in [0.2, 0.25) is 5.78 Å². The number of phenolic OH excluding ortho intramolecular Hbond substituents is 5. The predicted octanol–water partition coefficient (Wildman–Crippen LogP) is 6.99. The third-order valence-corrected chi connectivity index (χ3v) is 9.57. The average Bonchev–Trinajstić information content (AvgIpc) is 2.99. The van der Waals surface area contributed by atoms with Crippen LogP contribution in [0.3, 0.4) is 0 Å². The summed E-state index contributed by atoms with van der Waals surface area (Å²) in [7, 11) is 0. The van der Waals surface area contributed by atoms with Crippen molar-refractivity contribution in [2.75, 3.05) is 6.61 Å². The third kappa shape index (κ3) is 5.65. The van der Waals surface area contributed by atoms with Crippen LogP contribution in [0.15, 0.2) is 59.7 Å². The number of fused-ring (bicyclic) bond motifs is 4. The molecule has 258 valence electrons. The molecule has 2 aliphatic carbocycles. The summed E-state index contributed by atoms with van der Waals surface area (Å²) < 4.78 is 5.94. The monoisotopic (exact) mass is 678 g/mol. The molecule has 0 unspecified atom stereocenters. The first-order chi connectivity index (χ1) is 23.5. The van der Waals surface area contributed by atoms with Crippen LogP contribution in [0.2, 0.25) is 0 Å². The van der Waals surface area contributed by atoms with E-state index in [1.54, 1.807) is 13.0 Å². The van der Waals surface area contributed by atoms with Gasteiger partial charge >= 0.3 is 0 Å². The largest absolute Gasteiger partial charge is 0.508 e. The summed E-state index contributed by atoms with van der Waals surface area (Å²) in [6.07, 6.45) is 5.36. The van der Waals surface area contributed by atoms with E-state index in [0.717, 1.165) is 30.5 Å². The van der Waals surface area contributed by atoms with E-state index in [0.29, 0.717) is 5.56 Å². The molecule has 0 fully saturated rings. The number of hydrogen-bond donors (Lipinski definition) is 6. The first-order valence-electron chi connectivity index (χ1n) is 16.2. The Morgan fingerprint density at radius 1 is 0.840 bits per heavy atom. The fraction of sp³-hybridized carbons (Fsp3) is 0.275. The maximum absolute atomic E-state index is 14.2. The van der Waals surface area contributed by atoms with E-state index in [-0.39, 0.29) is 62.3 Å². The van der Waals surface area contributed by atoms with Crippen LogP contribution in [-0.4, -0.2) is 60.2 Å². The highest BCUT2D eigenvalue weighted by Gasteiger charge is 2.48.